The van der Waals surface area contributed by atoms with Crippen molar-refractivity contribution in [3.63, 3.8) is 0 Å². The maximum Gasteiger partial charge on any atom is 0.336 e. The van der Waals surface area contributed by atoms with Crippen molar-refractivity contribution in [3.8, 4) is 6.07 Å². The Balaban J connectivity index is 1.70. The number of hydrogen-bond acceptors (Lipinski definition) is 5. The number of ether oxygens (including phenoxy) is 2. The average molecular weight is 343 g/mol. The molecule has 2 saturated carbocycles. The van der Waals surface area contributed by atoms with Crippen LogP contribution in [0.15, 0.2) is 11.6 Å². The second-order valence-electron chi connectivity index (χ2n) is 8.80. The number of carbonyl (C=O) groups is 2. The van der Waals surface area contributed by atoms with Gasteiger partial charge < -0.3 is 9.47 Å². The molecule has 3 fully saturated rings. The number of nitrogens with zero attached hydrogens (tertiary/aromatic N) is 1. The van der Waals surface area contributed by atoms with Crippen LogP contribution in [0.1, 0.15) is 52.9 Å². The SMILES string of the molecule is C[C@@]12CCC(=O)[C@@](C)(C#N)[C@H]1CC[C@@]1(C)O[C@H](C3=CCOC3=O)C[C@@H]21. The number of cyclic esters (lactones) is 1. The van der Waals surface area contributed by atoms with Gasteiger partial charge in [-0.2, -0.15) is 5.26 Å². The highest BCUT2D eigenvalue weighted by atomic mass is 16.5. The van der Waals surface area contributed by atoms with Crippen LogP contribution in [0.4, 0.5) is 0 Å². The van der Waals surface area contributed by atoms with Crippen molar-refractivity contribution < 1.29 is 19.1 Å². The van der Waals surface area contributed by atoms with E-state index in [0.717, 1.165) is 25.7 Å². The summed E-state index contributed by atoms with van der Waals surface area (Å²) in [7, 11) is 0. The molecule has 4 rings (SSSR count). The van der Waals surface area contributed by atoms with Crippen molar-refractivity contribution in [2.24, 2.45) is 22.7 Å². The van der Waals surface area contributed by atoms with E-state index in [1.54, 1.807) is 0 Å². The quantitative estimate of drug-likeness (QED) is 0.684. The maximum atomic E-state index is 12.5. The number of Topliss-reactive ketones (excluding diaryl/α,β-unsaturated/α-hetero) is 1. The molecule has 2 aliphatic heterocycles. The van der Waals surface area contributed by atoms with Gasteiger partial charge in [-0.25, -0.2) is 4.79 Å². The molecule has 0 amide bonds. The molecule has 2 heterocycles. The van der Waals surface area contributed by atoms with Crippen LogP contribution in [-0.4, -0.2) is 30.1 Å². The van der Waals surface area contributed by atoms with Crippen molar-refractivity contribution in [3.05, 3.63) is 11.6 Å². The van der Waals surface area contributed by atoms with Crippen molar-refractivity contribution in [1.82, 2.24) is 0 Å². The lowest BCUT2D eigenvalue weighted by Gasteiger charge is -2.58. The molecule has 0 aromatic carbocycles. The highest BCUT2D eigenvalue weighted by molar-refractivity contribution is 5.91. The van der Waals surface area contributed by atoms with Gasteiger partial charge in [0.1, 0.15) is 12.0 Å². The fraction of sp³-hybridized carbons (Fsp3) is 0.750. The van der Waals surface area contributed by atoms with Crippen LogP contribution in [0.5, 0.6) is 0 Å². The Hall–Kier alpha value is -1.67. The van der Waals surface area contributed by atoms with Gasteiger partial charge in [-0.1, -0.05) is 6.92 Å². The van der Waals surface area contributed by atoms with E-state index in [0.29, 0.717) is 18.6 Å². The molecule has 4 aliphatic rings. The molecule has 2 aliphatic carbocycles. The van der Waals surface area contributed by atoms with E-state index in [-0.39, 0.29) is 40.7 Å². The molecular weight excluding hydrogens is 318 g/mol. The highest BCUT2D eigenvalue weighted by Crippen LogP contribution is 2.65. The van der Waals surface area contributed by atoms with Crippen molar-refractivity contribution in [2.75, 3.05) is 6.61 Å². The van der Waals surface area contributed by atoms with Crippen molar-refractivity contribution >= 4 is 11.8 Å². The van der Waals surface area contributed by atoms with E-state index >= 15 is 0 Å². The van der Waals surface area contributed by atoms with E-state index in [1.807, 2.05) is 13.0 Å². The van der Waals surface area contributed by atoms with Crippen LogP contribution < -0.4 is 0 Å². The first-order chi connectivity index (χ1) is 11.7. The van der Waals surface area contributed by atoms with Gasteiger partial charge in [0.05, 0.1) is 23.3 Å². The lowest BCUT2D eigenvalue weighted by atomic mass is 9.45. The summed E-state index contributed by atoms with van der Waals surface area (Å²) < 4.78 is 11.5. The van der Waals surface area contributed by atoms with Crippen molar-refractivity contribution in [2.45, 2.75) is 64.6 Å². The Morgan fingerprint density at radius 3 is 2.60 bits per heavy atom. The number of nitriles is 1. The summed E-state index contributed by atoms with van der Waals surface area (Å²) in [5, 5.41) is 9.77. The molecule has 0 radical (unpaired) electrons. The summed E-state index contributed by atoms with van der Waals surface area (Å²) in [5.41, 5.74) is -0.692. The number of fused-ring (bicyclic) bond motifs is 3. The van der Waals surface area contributed by atoms with E-state index < -0.39 is 5.41 Å². The molecule has 0 aromatic rings. The zero-order valence-corrected chi connectivity index (χ0v) is 15.1. The second kappa shape index (κ2) is 5.17. The van der Waals surface area contributed by atoms with E-state index in [4.69, 9.17) is 9.47 Å². The molecule has 6 atom stereocenters. The summed E-state index contributed by atoms with van der Waals surface area (Å²) in [6.45, 7) is 6.52. The van der Waals surface area contributed by atoms with Gasteiger partial charge >= 0.3 is 5.97 Å². The lowest BCUT2D eigenvalue weighted by molar-refractivity contribution is -0.162. The Morgan fingerprint density at radius 1 is 1.20 bits per heavy atom. The predicted molar refractivity (Wildman–Crippen MR) is 89.2 cm³/mol. The molecule has 0 aromatic heterocycles. The fourth-order valence-corrected chi connectivity index (χ4v) is 6.22. The van der Waals surface area contributed by atoms with Gasteiger partial charge in [0.25, 0.3) is 0 Å². The average Bonchev–Trinajstić information content (AvgIpc) is 3.15. The van der Waals surface area contributed by atoms with Gasteiger partial charge in [-0.15, -0.1) is 0 Å². The molecule has 25 heavy (non-hydrogen) atoms. The number of carbonyl (C=O) groups excluding carboxylic acids is 2. The molecule has 1 saturated heterocycles. The molecule has 134 valence electrons. The third-order valence-electron chi connectivity index (χ3n) is 7.62. The minimum atomic E-state index is -0.905. The summed E-state index contributed by atoms with van der Waals surface area (Å²) in [6, 6.07) is 2.34. The second-order valence-corrected chi connectivity index (χ2v) is 8.80. The third kappa shape index (κ3) is 2.10. The number of rotatable bonds is 1. The maximum absolute atomic E-state index is 12.5. The van der Waals surface area contributed by atoms with Crippen LogP contribution in [0.3, 0.4) is 0 Å². The molecule has 0 bridgehead atoms. The van der Waals surface area contributed by atoms with Crippen LogP contribution in [0.25, 0.3) is 0 Å². The largest absolute Gasteiger partial charge is 0.458 e. The molecule has 5 heteroatoms. The minimum Gasteiger partial charge on any atom is -0.458 e. The van der Waals surface area contributed by atoms with Crippen LogP contribution >= 0.6 is 0 Å². The van der Waals surface area contributed by atoms with Gasteiger partial charge in [0, 0.05) is 6.42 Å². The topological polar surface area (TPSA) is 76.4 Å². The first-order valence-electron chi connectivity index (χ1n) is 9.24. The minimum absolute atomic E-state index is 0.0520. The number of hydrogen-bond donors (Lipinski definition) is 0. The standard InChI is InChI=1S/C20H25NO4/c1-18-7-5-16(22)19(2,11-21)14(18)4-8-20(3)15(18)10-13(25-20)12-6-9-24-17(12)23/h6,13-15H,4-5,7-10H2,1-3H3/t13-,14-,15-,18+,19-,20+/m0/s1. The molecule has 0 N–H and O–H groups in total. The zero-order valence-electron chi connectivity index (χ0n) is 15.1. The molecule has 5 nitrogen and oxygen atoms in total. The summed E-state index contributed by atoms with van der Waals surface area (Å²) in [5.74, 6) is 0.100. The zero-order chi connectivity index (χ0) is 18.0. The summed E-state index contributed by atoms with van der Waals surface area (Å²) >= 11 is 0. The Morgan fingerprint density at radius 2 is 1.96 bits per heavy atom. The Labute approximate surface area is 148 Å². The van der Waals surface area contributed by atoms with E-state index in [9.17, 15) is 14.9 Å². The third-order valence-corrected chi connectivity index (χ3v) is 7.62. The monoisotopic (exact) mass is 343 g/mol. The van der Waals surface area contributed by atoms with E-state index in [1.165, 1.54) is 0 Å². The highest BCUT2D eigenvalue weighted by Gasteiger charge is 2.65. The van der Waals surface area contributed by atoms with Gasteiger partial charge in [0.15, 0.2) is 5.78 Å². The lowest BCUT2D eigenvalue weighted by Crippen LogP contribution is -2.58. The summed E-state index contributed by atoms with van der Waals surface area (Å²) in [4.78, 5) is 24.5. The fourth-order valence-electron chi connectivity index (χ4n) is 6.22. The molecule has 0 unspecified atom stereocenters. The number of esters is 1. The summed E-state index contributed by atoms with van der Waals surface area (Å²) in [6.07, 6.45) is 5.26. The Bertz CT molecular complexity index is 722. The Kier molecular flexibility index (Phi) is 3.47. The first kappa shape index (κ1) is 16.8. The van der Waals surface area contributed by atoms with Gasteiger partial charge in [-0.3, -0.25) is 4.79 Å². The predicted octanol–water partition coefficient (Wildman–Crippen LogP) is 2.94. The van der Waals surface area contributed by atoms with Gasteiger partial charge in [-0.05, 0) is 62.9 Å². The van der Waals surface area contributed by atoms with Crippen LogP contribution in [0, 0.1) is 34.0 Å². The van der Waals surface area contributed by atoms with Crippen LogP contribution in [0.2, 0.25) is 0 Å². The molecule has 0 spiro atoms. The van der Waals surface area contributed by atoms with Crippen molar-refractivity contribution in [1.29, 1.82) is 5.26 Å². The van der Waals surface area contributed by atoms with Crippen LogP contribution in [-0.2, 0) is 19.1 Å². The number of ketones is 1. The molecular formula is C20H25NO4. The smallest absolute Gasteiger partial charge is 0.336 e. The normalized spacial score (nSPS) is 49.0. The first-order valence-corrected chi connectivity index (χ1v) is 9.24. The van der Waals surface area contributed by atoms with E-state index in [2.05, 4.69) is 19.9 Å². The van der Waals surface area contributed by atoms with Gasteiger partial charge in [0.2, 0.25) is 0 Å².